The van der Waals surface area contributed by atoms with Gasteiger partial charge < -0.3 is 4.74 Å². The minimum Gasteiger partial charge on any atom is -0.363 e. The average Bonchev–Trinajstić information content (AvgIpc) is 2.33. The van der Waals surface area contributed by atoms with Gasteiger partial charge in [-0.1, -0.05) is 6.92 Å². The molecule has 1 fully saturated rings. The molecule has 54 valence electrons. The molecular formula is C6H14N2O. The van der Waals surface area contributed by atoms with Crippen LogP contribution in [0, 0.1) is 0 Å². The van der Waals surface area contributed by atoms with Crippen molar-refractivity contribution in [2.75, 3.05) is 20.4 Å². The smallest absolute Gasteiger partial charge is 0.112 e. The highest BCUT2D eigenvalue weighted by molar-refractivity contribution is 4.67. The van der Waals surface area contributed by atoms with Crippen molar-refractivity contribution >= 4 is 0 Å². The zero-order chi connectivity index (χ0) is 6.69. The maximum Gasteiger partial charge on any atom is 0.112 e. The van der Waals surface area contributed by atoms with Crippen molar-refractivity contribution in [1.82, 2.24) is 10.4 Å². The standard InChI is InChI=1S/C6H14N2O/c1-3-6-4-9-5-8(6)7-2/h6-7H,3-5H2,1-2H3. The second-order valence-electron chi connectivity index (χ2n) is 2.26. The monoisotopic (exact) mass is 130 g/mol. The number of hydrazine groups is 1. The molecule has 0 bridgehead atoms. The van der Waals surface area contributed by atoms with Crippen LogP contribution in [0.5, 0.6) is 0 Å². The third-order valence-electron chi connectivity index (χ3n) is 1.74. The predicted octanol–water partition coefficient (Wildman–Crippen LogP) is 0.189. The molecule has 1 rings (SSSR count). The zero-order valence-electron chi connectivity index (χ0n) is 6.05. The molecule has 0 radical (unpaired) electrons. The highest BCUT2D eigenvalue weighted by atomic mass is 16.5. The van der Waals surface area contributed by atoms with Crippen LogP contribution in [0.3, 0.4) is 0 Å². The van der Waals surface area contributed by atoms with Crippen LogP contribution >= 0.6 is 0 Å². The average molecular weight is 130 g/mol. The van der Waals surface area contributed by atoms with Crippen molar-refractivity contribution in [2.24, 2.45) is 0 Å². The summed E-state index contributed by atoms with van der Waals surface area (Å²) in [6.45, 7) is 3.77. The normalized spacial score (nSPS) is 29.3. The molecular weight excluding hydrogens is 116 g/mol. The van der Waals surface area contributed by atoms with Crippen LogP contribution in [0.2, 0.25) is 0 Å². The Balaban J connectivity index is 2.32. The Hall–Kier alpha value is -0.120. The highest BCUT2D eigenvalue weighted by Crippen LogP contribution is 2.08. The maximum atomic E-state index is 5.21. The summed E-state index contributed by atoms with van der Waals surface area (Å²) in [5.74, 6) is 0. The molecule has 1 saturated heterocycles. The van der Waals surface area contributed by atoms with Gasteiger partial charge in [0.05, 0.1) is 12.6 Å². The molecule has 1 aliphatic rings. The van der Waals surface area contributed by atoms with Crippen molar-refractivity contribution in [2.45, 2.75) is 19.4 Å². The molecule has 0 saturated carbocycles. The van der Waals surface area contributed by atoms with Gasteiger partial charge in [0, 0.05) is 0 Å². The molecule has 1 unspecified atom stereocenters. The minimum absolute atomic E-state index is 0.579. The summed E-state index contributed by atoms with van der Waals surface area (Å²) < 4.78 is 5.21. The summed E-state index contributed by atoms with van der Waals surface area (Å²) in [6.07, 6.45) is 1.15. The maximum absolute atomic E-state index is 5.21. The Labute approximate surface area is 56.0 Å². The Morgan fingerprint density at radius 2 is 2.56 bits per heavy atom. The number of hydrogen-bond donors (Lipinski definition) is 1. The van der Waals surface area contributed by atoms with Crippen LogP contribution in [0.1, 0.15) is 13.3 Å². The molecule has 1 heterocycles. The molecule has 1 aliphatic heterocycles. The first kappa shape index (κ1) is 6.99. The SMILES string of the molecule is CCC1COCN1NC. The molecule has 0 aromatic heterocycles. The fourth-order valence-corrected chi connectivity index (χ4v) is 1.07. The first-order chi connectivity index (χ1) is 4.38. The summed E-state index contributed by atoms with van der Waals surface area (Å²) >= 11 is 0. The van der Waals surface area contributed by atoms with Crippen LogP contribution in [0.4, 0.5) is 0 Å². The van der Waals surface area contributed by atoms with E-state index < -0.39 is 0 Å². The minimum atomic E-state index is 0.579. The van der Waals surface area contributed by atoms with Crippen LogP contribution in [0.25, 0.3) is 0 Å². The first-order valence-electron chi connectivity index (χ1n) is 3.40. The molecule has 0 aromatic rings. The largest absolute Gasteiger partial charge is 0.363 e. The van der Waals surface area contributed by atoms with Gasteiger partial charge >= 0.3 is 0 Å². The van der Waals surface area contributed by atoms with Gasteiger partial charge in [0.1, 0.15) is 6.73 Å². The van der Waals surface area contributed by atoms with E-state index in [2.05, 4.69) is 17.4 Å². The van der Waals surface area contributed by atoms with Gasteiger partial charge in [-0.3, -0.25) is 5.43 Å². The van der Waals surface area contributed by atoms with Crippen LogP contribution < -0.4 is 5.43 Å². The fourth-order valence-electron chi connectivity index (χ4n) is 1.07. The summed E-state index contributed by atoms with van der Waals surface area (Å²) in [4.78, 5) is 0. The second kappa shape index (κ2) is 3.15. The van der Waals surface area contributed by atoms with Gasteiger partial charge in [-0.05, 0) is 13.5 Å². The van der Waals surface area contributed by atoms with Crippen molar-refractivity contribution in [3.8, 4) is 0 Å². The lowest BCUT2D eigenvalue weighted by molar-refractivity contribution is 0.108. The van der Waals surface area contributed by atoms with Crippen molar-refractivity contribution in [3.05, 3.63) is 0 Å². The summed E-state index contributed by atoms with van der Waals surface area (Å²) in [7, 11) is 1.93. The van der Waals surface area contributed by atoms with Crippen molar-refractivity contribution in [1.29, 1.82) is 0 Å². The lowest BCUT2D eigenvalue weighted by Gasteiger charge is -2.18. The summed E-state index contributed by atoms with van der Waals surface area (Å²) in [5, 5.41) is 2.11. The Morgan fingerprint density at radius 3 is 3.00 bits per heavy atom. The van der Waals surface area contributed by atoms with Gasteiger partial charge in [-0.15, -0.1) is 0 Å². The molecule has 3 heteroatoms. The Kier molecular flexibility index (Phi) is 2.45. The lowest BCUT2D eigenvalue weighted by atomic mass is 10.2. The predicted molar refractivity (Wildman–Crippen MR) is 35.8 cm³/mol. The molecule has 3 nitrogen and oxygen atoms in total. The fraction of sp³-hybridized carbons (Fsp3) is 1.00. The number of ether oxygens (including phenoxy) is 1. The quantitative estimate of drug-likeness (QED) is 0.577. The topological polar surface area (TPSA) is 24.5 Å². The van der Waals surface area contributed by atoms with E-state index in [1.165, 1.54) is 0 Å². The number of nitrogens with one attached hydrogen (secondary N) is 1. The van der Waals surface area contributed by atoms with E-state index in [0.29, 0.717) is 6.04 Å². The third kappa shape index (κ3) is 1.41. The van der Waals surface area contributed by atoms with Crippen LogP contribution in [-0.4, -0.2) is 31.4 Å². The number of hydrogen-bond acceptors (Lipinski definition) is 3. The highest BCUT2D eigenvalue weighted by Gasteiger charge is 2.21. The number of rotatable bonds is 2. The zero-order valence-corrected chi connectivity index (χ0v) is 6.05. The molecule has 1 N–H and O–H groups in total. The van der Waals surface area contributed by atoms with Crippen LogP contribution in [-0.2, 0) is 4.74 Å². The number of nitrogens with zero attached hydrogens (tertiary/aromatic N) is 1. The van der Waals surface area contributed by atoms with Gasteiger partial charge in [-0.25, -0.2) is 5.01 Å². The molecule has 0 aromatic carbocycles. The molecule has 9 heavy (non-hydrogen) atoms. The summed E-state index contributed by atoms with van der Waals surface area (Å²) in [5.41, 5.74) is 3.07. The van der Waals surface area contributed by atoms with E-state index in [1.54, 1.807) is 0 Å². The molecule has 0 amide bonds. The van der Waals surface area contributed by atoms with Gasteiger partial charge in [0.25, 0.3) is 0 Å². The van der Waals surface area contributed by atoms with Gasteiger partial charge in [0.2, 0.25) is 0 Å². The van der Waals surface area contributed by atoms with Crippen LogP contribution in [0.15, 0.2) is 0 Å². The third-order valence-corrected chi connectivity index (χ3v) is 1.74. The Morgan fingerprint density at radius 1 is 1.78 bits per heavy atom. The molecule has 1 atom stereocenters. The van der Waals surface area contributed by atoms with E-state index in [0.717, 1.165) is 19.8 Å². The molecule has 0 spiro atoms. The summed E-state index contributed by atoms with van der Waals surface area (Å²) in [6, 6.07) is 0.579. The van der Waals surface area contributed by atoms with Crippen molar-refractivity contribution in [3.63, 3.8) is 0 Å². The van der Waals surface area contributed by atoms with E-state index in [1.807, 2.05) is 7.05 Å². The second-order valence-corrected chi connectivity index (χ2v) is 2.26. The van der Waals surface area contributed by atoms with Gasteiger partial charge in [-0.2, -0.15) is 0 Å². The van der Waals surface area contributed by atoms with E-state index in [-0.39, 0.29) is 0 Å². The molecule has 0 aliphatic carbocycles. The van der Waals surface area contributed by atoms with E-state index in [4.69, 9.17) is 4.74 Å². The Bertz CT molecular complexity index is 77.1. The van der Waals surface area contributed by atoms with Crippen molar-refractivity contribution < 1.29 is 4.74 Å². The van der Waals surface area contributed by atoms with E-state index >= 15 is 0 Å². The lowest BCUT2D eigenvalue weighted by Crippen LogP contribution is -2.39. The first-order valence-corrected chi connectivity index (χ1v) is 3.40. The van der Waals surface area contributed by atoms with E-state index in [9.17, 15) is 0 Å². The van der Waals surface area contributed by atoms with Gasteiger partial charge in [0.15, 0.2) is 0 Å².